The van der Waals surface area contributed by atoms with Crippen molar-refractivity contribution in [2.45, 2.75) is 13.5 Å². The number of hydrogen-bond donors (Lipinski definition) is 1. The Balaban J connectivity index is 1.70. The van der Waals surface area contributed by atoms with Gasteiger partial charge >= 0.3 is 5.69 Å². The number of para-hydroxylation sites is 2. The van der Waals surface area contributed by atoms with Gasteiger partial charge in [-0.3, -0.25) is 14.9 Å². The van der Waals surface area contributed by atoms with Crippen molar-refractivity contribution < 1.29 is 14.5 Å². The number of hydrogen-bond acceptors (Lipinski definition) is 5. The summed E-state index contributed by atoms with van der Waals surface area (Å²) < 4.78 is 6.96. The van der Waals surface area contributed by atoms with Crippen molar-refractivity contribution in [3.8, 4) is 5.75 Å². The van der Waals surface area contributed by atoms with E-state index in [-0.39, 0.29) is 22.9 Å². The Bertz CT molecular complexity index is 980. The Morgan fingerprint density at radius 1 is 1.31 bits per heavy atom. The van der Waals surface area contributed by atoms with Crippen LogP contribution in [0.15, 0.2) is 42.5 Å². The molecule has 0 aliphatic heterocycles. The molecule has 0 aliphatic carbocycles. The first-order valence-corrected chi connectivity index (χ1v) is 8.03. The summed E-state index contributed by atoms with van der Waals surface area (Å²) in [6, 6.07) is 11.9. The molecule has 26 heavy (non-hydrogen) atoms. The molecular weight excluding hydrogens is 336 g/mol. The molecule has 0 saturated carbocycles. The molecule has 0 aliphatic rings. The van der Waals surface area contributed by atoms with E-state index in [0.29, 0.717) is 13.1 Å². The number of amides is 1. The lowest BCUT2D eigenvalue weighted by molar-refractivity contribution is -0.385. The van der Waals surface area contributed by atoms with Crippen LogP contribution in [-0.2, 0) is 6.54 Å². The van der Waals surface area contributed by atoms with Crippen LogP contribution in [0, 0.1) is 17.0 Å². The van der Waals surface area contributed by atoms with E-state index in [9.17, 15) is 14.9 Å². The predicted octanol–water partition coefficient (Wildman–Crippen LogP) is 2.69. The van der Waals surface area contributed by atoms with E-state index in [2.05, 4.69) is 10.3 Å². The molecule has 3 rings (SSSR count). The van der Waals surface area contributed by atoms with Crippen molar-refractivity contribution in [3.63, 3.8) is 0 Å². The molecule has 8 nitrogen and oxygen atoms in total. The molecule has 2 aromatic carbocycles. The zero-order valence-corrected chi connectivity index (χ0v) is 14.4. The number of nitrogens with one attached hydrogen (secondary N) is 1. The number of nitro benzene ring substituents is 1. The summed E-state index contributed by atoms with van der Waals surface area (Å²) in [5, 5.41) is 13.9. The van der Waals surface area contributed by atoms with Gasteiger partial charge in [-0.05, 0) is 31.2 Å². The van der Waals surface area contributed by atoms with Crippen LogP contribution in [0.1, 0.15) is 16.2 Å². The number of imidazole rings is 1. The maximum absolute atomic E-state index is 12.3. The number of nitrogens with zero attached hydrogens (tertiary/aromatic N) is 3. The van der Waals surface area contributed by atoms with Gasteiger partial charge in [0.2, 0.25) is 0 Å². The third-order valence-corrected chi connectivity index (χ3v) is 4.10. The lowest BCUT2D eigenvalue weighted by Gasteiger charge is -2.09. The highest BCUT2D eigenvalue weighted by Gasteiger charge is 2.18. The summed E-state index contributed by atoms with van der Waals surface area (Å²) in [7, 11) is 1.35. The van der Waals surface area contributed by atoms with Crippen molar-refractivity contribution in [1.29, 1.82) is 0 Å². The fraction of sp³-hybridized carbons (Fsp3) is 0.222. The van der Waals surface area contributed by atoms with Gasteiger partial charge in [-0.25, -0.2) is 4.98 Å². The van der Waals surface area contributed by atoms with Gasteiger partial charge in [0.25, 0.3) is 5.91 Å². The molecule has 1 amide bonds. The Kier molecular flexibility index (Phi) is 4.83. The van der Waals surface area contributed by atoms with Crippen molar-refractivity contribution in [2.24, 2.45) is 0 Å². The average Bonchev–Trinajstić information content (AvgIpc) is 2.96. The molecule has 1 heterocycles. The van der Waals surface area contributed by atoms with Gasteiger partial charge in [0.15, 0.2) is 5.75 Å². The van der Waals surface area contributed by atoms with Crippen LogP contribution in [0.3, 0.4) is 0 Å². The van der Waals surface area contributed by atoms with Gasteiger partial charge in [0, 0.05) is 24.7 Å². The number of benzene rings is 2. The topological polar surface area (TPSA) is 99.3 Å². The SMILES string of the molecule is COc1ccc(C(=O)NCCn2c(C)nc3ccccc32)cc1[N+](=O)[O-]. The van der Waals surface area contributed by atoms with E-state index in [1.165, 1.54) is 25.3 Å². The standard InChI is InChI=1S/C18H18N4O4/c1-12-20-14-5-3-4-6-15(14)21(12)10-9-19-18(23)13-7-8-17(26-2)16(11-13)22(24)25/h3-8,11H,9-10H2,1-2H3,(H,19,23). The second kappa shape index (κ2) is 7.22. The first-order chi connectivity index (χ1) is 12.5. The first-order valence-electron chi connectivity index (χ1n) is 8.03. The van der Waals surface area contributed by atoms with E-state index in [0.717, 1.165) is 16.9 Å². The molecule has 0 unspecified atom stereocenters. The summed E-state index contributed by atoms with van der Waals surface area (Å²) in [6.45, 7) is 2.84. The van der Waals surface area contributed by atoms with Crippen LogP contribution in [-0.4, -0.2) is 34.0 Å². The highest BCUT2D eigenvalue weighted by atomic mass is 16.6. The fourth-order valence-corrected chi connectivity index (χ4v) is 2.84. The summed E-state index contributed by atoms with van der Waals surface area (Å²) >= 11 is 0. The van der Waals surface area contributed by atoms with Gasteiger partial charge in [0.1, 0.15) is 5.82 Å². The first kappa shape index (κ1) is 17.4. The van der Waals surface area contributed by atoms with E-state index in [4.69, 9.17) is 4.74 Å². The van der Waals surface area contributed by atoms with E-state index >= 15 is 0 Å². The van der Waals surface area contributed by atoms with Crippen LogP contribution in [0.4, 0.5) is 5.69 Å². The smallest absolute Gasteiger partial charge is 0.311 e. The summed E-state index contributed by atoms with van der Waals surface area (Å²) in [6.07, 6.45) is 0. The summed E-state index contributed by atoms with van der Waals surface area (Å²) in [5.41, 5.74) is 1.88. The Labute approximate surface area is 149 Å². The van der Waals surface area contributed by atoms with Crippen molar-refractivity contribution >= 4 is 22.6 Å². The van der Waals surface area contributed by atoms with Gasteiger partial charge in [-0.15, -0.1) is 0 Å². The van der Waals surface area contributed by atoms with Gasteiger partial charge < -0.3 is 14.6 Å². The molecule has 0 saturated heterocycles. The minimum Gasteiger partial charge on any atom is -0.490 e. The highest BCUT2D eigenvalue weighted by molar-refractivity contribution is 5.95. The van der Waals surface area contributed by atoms with Crippen LogP contribution in [0.2, 0.25) is 0 Å². The van der Waals surface area contributed by atoms with Crippen molar-refractivity contribution in [1.82, 2.24) is 14.9 Å². The minimum absolute atomic E-state index is 0.118. The Morgan fingerprint density at radius 2 is 2.08 bits per heavy atom. The molecule has 1 N–H and O–H groups in total. The molecule has 134 valence electrons. The molecule has 0 spiro atoms. The van der Waals surface area contributed by atoms with Crippen LogP contribution >= 0.6 is 0 Å². The number of ether oxygens (including phenoxy) is 1. The quantitative estimate of drug-likeness (QED) is 0.542. The van der Waals surface area contributed by atoms with E-state index in [1.54, 1.807) is 0 Å². The molecule has 0 bridgehead atoms. The second-order valence-electron chi connectivity index (χ2n) is 5.70. The number of carbonyl (C=O) groups excluding carboxylic acids is 1. The fourth-order valence-electron chi connectivity index (χ4n) is 2.84. The van der Waals surface area contributed by atoms with Crippen molar-refractivity contribution in [2.75, 3.05) is 13.7 Å². The zero-order chi connectivity index (χ0) is 18.7. The van der Waals surface area contributed by atoms with Crippen LogP contribution in [0.25, 0.3) is 11.0 Å². The monoisotopic (exact) mass is 354 g/mol. The summed E-state index contributed by atoms with van der Waals surface area (Å²) in [5.74, 6) is 0.602. The number of nitro groups is 1. The lowest BCUT2D eigenvalue weighted by Crippen LogP contribution is -2.27. The summed E-state index contributed by atoms with van der Waals surface area (Å²) in [4.78, 5) is 27.3. The predicted molar refractivity (Wildman–Crippen MR) is 96.5 cm³/mol. The maximum Gasteiger partial charge on any atom is 0.311 e. The lowest BCUT2D eigenvalue weighted by atomic mass is 10.1. The maximum atomic E-state index is 12.3. The van der Waals surface area contributed by atoms with Crippen molar-refractivity contribution in [3.05, 3.63) is 64.0 Å². The third-order valence-electron chi connectivity index (χ3n) is 4.10. The van der Waals surface area contributed by atoms with E-state index in [1.807, 2.05) is 35.8 Å². The number of fused-ring (bicyclic) bond motifs is 1. The van der Waals surface area contributed by atoms with Gasteiger partial charge in [0.05, 0.1) is 23.1 Å². The largest absolute Gasteiger partial charge is 0.490 e. The molecular formula is C18H18N4O4. The molecule has 0 radical (unpaired) electrons. The number of carbonyl (C=O) groups is 1. The number of rotatable bonds is 6. The van der Waals surface area contributed by atoms with Gasteiger partial charge in [-0.1, -0.05) is 12.1 Å². The minimum atomic E-state index is -0.573. The van der Waals surface area contributed by atoms with Crippen LogP contribution < -0.4 is 10.1 Å². The van der Waals surface area contributed by atoms with Crippen LogP contribution in [0.5, 0.6) is 5.75 Å². The average molecular weight is 354 g/mol. The second-order valence-corrected chi connectivity index (χ2v) is 5.70. The number of aromatic nitrogens is 2. The molecule has 0 atom stereocenters. The Hall–Kier alpha value is -3.42. The highest BCUT2D eigenvalue weighted by Crippen LogP contribution is 2.27. The molecule has 8 heteroatoms. The number of methoxy groups -OCH3 is 1. The molecule has 1 aromatic heterocycles. The molecule has 3 aromatic rings. The Morgan fingerprint density at radius 3 is 2.81 bits per heavy atom. The van der Waals surface area contributed by atoms with E-state index < -0.39 is 4.92 Å². The third kappa shape index (κ3) is 3.34. The van der Waals surface area contributed by atoms with Gasteiger partial charge in [-0.2, -0.15) is 0 Å². The number of aryl methyl sites for hydroxylation is 1. The normalized spacial score (nSPS) is 10.7. The molecule has 0 fully saturated rings. The zero-order valence-electron chi connectivity index (χ0n) is 14.4.